The molecule has 1 aromatic heterocycles. The fourth-order valence-electron chi connectivity index (χ4n) is 4.08. The maximum Gasteiger partial charge on any atom is 0.270 e. The van der Waals surface area contributed by atoms with Gasteiger partial charge in [-0.05, 0) is 48.7 Å². The van der Waals surface area contributed by atoms with E-state index in [1.807, 2.05) is 0 Å². The number of furan rings is 1. The number of hydrogen-bond donors (Lipinski definition) is 0. The van der Waals surface area contributed by atoms with Crippen molar-refractivity contribution in [2.24, 2.45) is 0 Å². The molecule has 1 atom stereocenters. The van der Waals surface area contributed by atoms with E-state index < -0.39 is 10.8 Å². The lowest BCUT2D eigenvalue weighted by molar-refractivity contribution is -0.384. The number of amides is 2. The Balaban J connectivity index is 1.56. The van der Waals surface area contributed by atoms with Crippen LogP contribution < -0.4 is 0 Å². The van der Waals surface area contributed by atoms with Crippen LogP contribution in [0.1, 0.15) is 34.5 Å². The minimum Gasteiger partial charge on any atom is -0.467 e. The Bertz CT molecular complexity index is 1190. The monoisotopic (exact) mass is 495 g/mol. The average molecular weight is 496 g/mol. The topological polar surface area (TPSA) is 106 Å². The van der Waals surface area contributed by atoms with Crippen LogP contribution in [-0.2, 0) is 22.6 Å². The normalized spacial score (nSPS) is 15.0. The molecule has 0 saturated carbocycles. The van der Waals surface area contributed by atoms with E-state index in [0.717, 1.165) is 12.8 Å². The van der Waals surface area contributed by atoms with Crippen LogP contribution in [0.5, 0.6) is 0 Å². The Hall–Kier alpha value is -4.05. The van der Waals surface area contributed by atoms with Crippen LogP contribution in [0.3, 0.4) is 0 Å². The van der Waals surface area contributed by atoms with Crippen LogP contribution in [0.2, 0.25) is 0 Å². The van der Waals surface area contributed by atoms with Gasteiger partial charge in [-0.15, -0.1) is 0 Å². The number of non-ortho nitro benzene ring substituents is 1. The number of ether oxygens (including phenoxy) is 1. The van der Waals surface area contributed by atoms with Gasteiger partial charge in [0.1, 0.15) is 18.1 Å². The summed E-state index contributed by atoms with van der Waals surface area (Å²) in [4.78, 5) is 40.4. The lowest BCUT2D eigenvalue weighted by Crippen LogP contribution is -2.45. The van der Waals surface area contributed by atoms with Gasteiger partial charge in [0.05, 0.1) is 23.8 Å². The van der Waals surface area contributed by atoms with Gasteiger partial charge in [-0.2, -0.15) is 0 Å². The molecule has 0 aliphatic carbocycles. The summed E-state index contributed by atoms with van der Waals surface area (Å²) in [5.74, 6) is -0.677. The van der Waals surface area contributed by atoms with E-state index in [1.54, 1.807) is 24.3 Å². The zero-order chi connectivity index (χ0) is 25.5. The highest BCUT2D eigenvalue weighted by Gasteiger charge is 2.28. The molecular formula is C26H26FN3O6. The fraction of sp³-hybridized carbons (Fsp3) is 0.308. The molecule has 2 amide bonds. The highest BCUT2D eigenvalue weighted by molar-refractivity contribution is 5.97. The van der Waals surface area contributed by atoms with E-state index >= 15 is 0 Å². The molecule has 2 aromatic carbocycles. The predicted octanol–water partition coefficient (Wildman–Crippen LogP) is 4.18. The Morgan fingerprint density at radius 1 is 1.06 bits per heavy atom. The third-order valence-electron chi connectivity index (χ3n) is 5.93. The van der Waals surface area contributed by atoms with Crippen molar-refractivity contribution in [1.29, 1.82) is 0 Å². The van der Waals surface area contributed by atoms with E-state index in [2.05, 4.69) is 0 Å². The van der Waals surface area contributed by atoms with Crippen LogP contribution >= 0.6 is 0 Å². The quantitative estimate of drug-likeness (QED) is 0.309. The van der Waals surface area contributed by atoms with Gasteiger partial charge in [0, 0.05) is 37.4 Å². The Labute approximate surface area is 207 Å². The SMILES string of the molecule is O=C(CN(CC1CCCO1)C(=O)c1cccc([N+](=O)[O-])c1)N(Cc1ccc(F)cc1)Cc1ccco1. The van der Waals surface area contributed by atoms with Gasteiger partial charge in [-0.25, -0.2) is 4.39 Å². The average Bonchev–Trinajstić information content (AvgIpc) is 3.58. The molecule has 10 heteroatoms. The zero-order valence-corrected chi connectivity index (χ0v) is 19.5. The molecule has 2 heterocycles. The summed E-state index contributed by atoms with van der Waals surface area (Å²) in [5.41, 5.74) is 0.623. The van der Waals surface area contributed by atoms with E-state index in [1.165, 1.54) is 52.5 Å². The second-order valence-corrected chi connectivity index (χ2v) is 8.58. The van der Waals surface area contributed by atoms with Crippen molar-refractivity contribution < 1.29 is 28.1 Å². The van der Waals surface area contributed by atoms with Gasteiger partial charge in [0.25, 0.3) is 11.6 Å². The van der Waals surface area contributed by atoms with Crippen molar-refractivity contribution in [1.82, 2.24) is 9.80 Å². The number of hydrogen-bond acceptors (Lipinski definition) is 6. The van der Waals surface area contributed by atoms with Crippen molar-refractivity contribution in [2.45, 2.75) is 32.0 Å². The van der Waals surface area contributed by atoms with Crippen molar-refractivity contribution in [3.05, 3.63) is 99.7 Å². The number of nitrogens with zero attached hydrogens (tertiary/aromatic N) is 3. The van der Waals surface area contributed by atoms with Gasteiger partial charge in [-0.3, -0.25) is 19.7 Å². The lowest BCUT2D eigenvalue weighted by Gasteiger charge is -2.29. The molecule has 0 spiro atoms. The molecule has 0 radical (unpaired) electrons. The Kier molecular flexibility index (Phi) is 8.06. The smallest absolute Gasteiger partial charge is 0.270 e. The van der Waals surface area contributed by atoms with E-state index in [0.29, 0.717) is 17.9 Å². The number of carbonyl (C=O) groups excluding carboxylic acids is 2. The van der Waals surface area contributed by atoms with Crippen LogP contribution in [0, 0.1) is 15.9 Å². The molecule has 36 heavy (non-hydrogen) atoms. The highest BCUT2D eigenvalue weighted by atomic mass is 19.1. The summed E-state index contributed by atoms with van der Waals surface area (Å²) in [7, 11) is 0. The summed E-state index contributed by atoms with van der Waals surface area (Å²) >= 11 is 0. The molecule has 1 fully saturated rings. The van der Waals surface area contributed by atoms with Gasteiger partial charge in [0.15, 0.2) is 0 Å². The van der Waals surface area contributed by atoms with Gasteiger partial charge in [-0.1, -0.05) is 18.2 Å². The van der Waals surface area contributed by atoms with Crippen LogP contribution in [-0.4, -0.2) is 52.3 Å². The molecule has 9 nitrogen and oxygen atoms in total. The summed E-state index contributed by atoms with van der Waals surface area (Å²) in [5, 5.41) is 11.2. The first kappa shape index (κ1) is 25.1. The minimum absolute atomic E-state index is 0.117. The molecule has 0 bridgehead atoms. The third kappa shape index (κ3) is 6.54. The van der Waals surface area contributed by atoms with E-state index in [4.69, 9.17) is 9.15 Å². The van der Waals surface area contributed by atoms with Crippen LogP contribution in [0.15, 0.2) is 71.3 Å². The standard InChI is InChI=1S/C26H26FN3O6/c27-21-10-8-19(9-11-21)15-28(16-23-6-2-12-35-23)25(31)18-29(17-24-7-3-13-36-24)26(32)20-4-1-5-22(14-20)30(33)34/h1-2,4-6,8-12,14,24H,3,7,13,15-18H2. The Morgan fingerprint density at radius 2 is 1.86 bits per heavy atom. The number of carbonyl (C=O) groups is 2. The third-order valence-corrected chi connectivity index (χ3v) is 5.93. The van der Waals surface area contributed by atoms with Crippen molar-refractivity contribution in [3.63, 3.8) is 0 Å². The number of rotatable bonds is 10. The zero-order valence-electron chi connectivity index (χ0n) is 19.5. The fourth-order valence-corrected chi connectivity index (χ4v) is 4.08. The van der Waals surface area contributed by atoms with Gasteiger partial charge in [0.2, 0.25) is 5.91 Å². The first-order valence-electron chi connectivity index (χ1n) is 11.6. The summed E-state index contributed by atoms with van der Waals surface area (Å²) in [6.45, 7) is 0.828. The molecule has 1 aliphatic rings. The second-order valence-electron chi connectivity index (χ2n) is 8.58. The molecule has 3 aromatic rings. The van der Waals surface area contributed by atoms with Gasteiger partial charge < -0.3 is 19.0 Å². The summed E-state index contributed by atoms with van der Waals surface area (Å²) < 4.78 is 24.5. The first-order chi connectivity index (χ1) is 17.4. The molecule has 4 rings (SSSR count). The van der Waals surface area contributed by atoms with Crippen molar-refractivity contribution in [3.8, 4) is 0 Å². The number of nitro benzene ring substituents is 1. The predicted molar refractivity (Wildman–Crippen MR) is 127 cm³/mol. The highest BCUT2D eigenvalue weighted by Crippen LogP contribution is 2.19. The number of halogens is 1. The molecule has 1 unspecified atom stereocenters. The molecule has 1 saturated heterocycles. The first-order valence-corrected chi connectivity index (χ1v) is 11.6. The Morgan fingerprint density at radius 3 is 2.53 bits per heavy atom. The minimum atomic E-state index is -0.569. The number of nitro groups is 1. The molecular weight excluding hydrogens is 469 g/mol. The van der Waals surface area contributed by atoms with Crippen molar-refractivity contribution >= 4 is 17.5 Å². The lowest BCUT2D eigenvalue weighted by atomic mass is 10.1. The maximum absolute atomic E-state index is 13.5. The summed E-state index contributed by atoms with van der Waals surface area (Å²) in [6.07, 6.45) is 2.88. The van der Waals surface area contributed by atoms with Crippen LogP contribution in [0.25, 0.3) is 0 Å². The molecule has 0 N–H and O–H groups in total. The largest absolute Gasteiger partial charge is 0.467 e. The summed E-state index contributed by atoms with van der Waals surface area (Å²) in [6, 6.07) is 14.7. The van der Waals surface area contributed by atoms with E-state index in [-0.39, 0.29) is 55.3 Å². The second kappa shape index (κ2) is 11.6. The number of benzene rings is 2. The van der Waals surface area contributed by atoms with Crippen molar-refractivity contribution in [2.75, 3.05) is 19.7 Å². The van der Waals surface area contributed by atoms with E-state index in [9.17, 15) is 24.1 Å². The molecule has 1 aliphatic heterocycles. The molecule has 188 valence electrons. The van der Waals surface area contributed by atoms with Gasteiger partial charge >= 0.3 is 0 Å². The van der Waals surface area contributed by atoms with Crippen LogP contribution in [0.4, 0.5) is 10.1 Å². The maximum atomic E-state index is 13.5.